The number of hydrogen-bond acceptors (Lipinski definition) is 5. The van der Waals surface area contributed by atoms with E-state index in [0.29, 0.717) is 22.2 Å². The van der Waals surface area contributed by atoms with Crippen LogP contribution >= 0.6 is 27.3 Å². The lowest BCUT2D eigenvalue weighted by Crippen LogP contribution is -2.30. The molecule has 0 fully saturated rings. The quantitative estimate of drug-likeness (QED) is 0.275. The van der Waals surface area contributed by atoms with Crippen LogP contribution in [0.4, 0.5) is 5.13 Å². The summed E-state index contributed by atoms with van der Waals surface area (Å²) in [5.74, 6) is 1.00. The summed E-state index contributed by atoms with van der Waals surface area (Å²) in [6.45, 7) is 0.267. The zero-order chi connectivity index (χ0) is 21.4. The zero-order valence-electron chi connectivity index (χ0n) is 16.5. The molecule has 1 amide bonds. The highest BCUT2D eigenvalue weighted by Crippen LogP contribution is 2.34. The Balaban J connectivity index is 1.63. The first-order chi connectivity index (χ1) is 15.1. The van der Waals surface area contributed by atoms with Crippen LogP contribution in [0.3, 0.4) is 0 Å². The molecule has 0 bridgehead atoms. The predicted molar refractivity (Wildman–Crippen MR) is 127 cm³/mol. The summed E-state index contributed by atoms with van der Waals surface area (Å²) < 4.78 is 13.1. The van der Waals surface area contributed by atoms with Gasteiger partial charge in [-0.3, -0.25) is 9.69 Å². The van der Waals surface area contributed by atoms with Crippen molar-refractivity contribution in [1.29, 1.82) is 0 Å². The maximum atomic E-state index is 13.8. The molecule has 5 rings (SSSR count). The normalized spacial score (nSPS) is 11.2. The van der Waals surface area contributed by atoms with E-state index in [0.717, 1.165) is 25.5 Å². The fourth-order valence-electron chi connectivity index (χ4n) is 3.49. The van der Waals surface area contributed by atoms with Gasteiger partial charge in [0.1, 0.15) is 11.5 Å². The van der Waals surface area contributed by atoms with E-state index in [1.54, 1.807) is 18.3 Å². The second kappa shape index (κ2) is 8.17. The van der Waals surface area contributed by atoms with Gasteiger partial charge in [0.15, 0.2) is 5.13 Å². The molecular weight excluding hydrogens is 476 g/mol. The monoisotopic (exact) mass is 492 g/mol. The standard InChI is InChI=1S/C24H17BrN2O3S/c1-29-21-12-16-6-3-2-5-15(16)11-19(21)23(28)27(14-18-7-4-10-30-18)24-26-20-9-8-17(25)13-22(20)31-24/h2-13H,14H2,1H3. The molecule has 31 heavy (non-hydrogen) atoms. The van der Waals surface area contributed by atoms with Gasteiger partial charge in [-0.2, -0.15) is 0 Å². The van der Waals surface area contributed by atoms with Gasteiger partial charge in [-0.05, 0) is 53.2 Å². The van der Waals surface area contributed by atoms with Crippen molar-refractivity contribution in [2.45, 2.75) is 6.54 Å². The van der Waals surface area contributed by atoms with Crippen LogP contribution in [0.15, 0.2) is 81.9 Å². The minimum absolute atomic E-state index is 0.197. The third kappa shape index (κ3) is 3.82. The first-order valence-electron chi connectivity index (χ1n) is 9.59. The molecule has 2 aromatic heterocycles. The Morgan fingerprint density at radius 1 is 1.10 bits per heavy atom. The number of ether oxygens (including phenoxy) is 1. The third-order valence-corrected chi connectivity index (χ3v) is 6.54. The minimum Gasteiger partial charge on any atom is -0.496 e. The van der Waals surface area contributed by atoms with Crippen molar-refractivity contribution in [1.82, 2.24) is 4.98 Å². The van der Waals surface area contributed by atoms with Crippen LogP contribution in [-0.4, -0.2) is 18.0 Å². The summed E-state index contributed by atoms with van der Waals surface area (Å²) in [6.07, 6.45) is 1.60. The van der Waals surface area contributed by atoms with Gasteiger partial charge in [0.2, 0.25) is 0 Å². The number of rotatable bonds is 5. The number of aromatic nitrogens is 1. The maximum Gasteiger partial charge on any atom is 0.264 e. The van der Waals surface area contributed by atoms with Crippen LogP contribution in [0.2, 0.25) is 0 Å². The SMILES string of the molecule is COc1cc2ccccc2cc1C(=O)N(Cc1ccco1)c1nc2ccc(Br)cc2s1. The molecule has 0 aliphatic carbocycles. The summed E-state index contributed by atoms with van der Waals surface area (Å²) in [5, 5.41) is 2.58. The van der Waals surface area contributed by atoms with E-state index in [-0.39, 0.29) is 12.5 Å². The lowest BCUT2D eigenvalue weighted by Gasteiger charge is -2.20. The lowest BCUT2D eigenvalue weighted by molar-refractivity contribution is 0.0980. The molecule has 5 aromatic rings. The molecule has 154 valence electrons. The smallest absolute Gasteiger partial charge is 0.264 e. The van der Waals surface area contributed by atoms with E-state index < -0.39 is 0 Å². The van der Waals surface area contributed by atoms with Gasteiger partial charge in [0, 0.05) is 4.47 Å². The van der Waals surface area contributed by atoms with E-state index >= 15 is 0 Å². The fraction of sp³-hybridized carbons (Fsp3) is 0.0833. The molecule has 0 atom stereocenters. The molecule has 5 nitrogen and oxygen atoms in total. The fourth-order valence-corrected chi connectivity index (χ4v) is 5.00. The topological polar surface area (TPSA) is 55.6 Å². The van der Waals surface area contributed by atoms with Crippen molar-refractivity contribution in [3.63, 3.8) is 0 Å². The molecular formula is C24H17BrN2O3S. The Labute approximate surface area is 191 Å². The summed E-state index contributed by atoms with van der Waals surface area (Å²) in [7, 11) is 1.58. The molecule has 0 N–H and O–H groups in total. The van der Waals surface area contributed by atoms with Crippen LogP contribution in [0, 0.1) is 0 Å². The van der Waals surface area contributed by atoms with E-state index in [4.69, 9.17) is 14.1 Å². The number of nitrogens with zero attached hydrogens (tertiary/aromatic N) is 2. The largest absolute Gasteiger partial charge is 0.496 e. The average Bonchev–Trinajstić information content (AvgIpc) is 3.45. The Kier molecular flexibility index (Phi) is 5.21. The van der Waals surface area contributed by atoms with Crippen molar-refractivity contribution in [2.75, 3.05) is 12.0 Å². The number of halogens is 1. The van der Waals surface area contributed by atoms with Gasteiger partial charge < -0.3 is 9.15 Å². The molecule has 7 heteroatoms. The number of anilines is 1. The molecule has 0 saturated carbocycles. The molecule has 3 aromatic carbocycles. The van der Waals surface area contributed by atoms with Crippen molar-refractivity contribution >= 4 is 59.3 Å². The number of methoxy groups -OCH3 is 1. The number of carbonyl (C=O) groups is 1. The number of benzene rings is 3. The predicted octanol–water partition coefficient (Wildman–Crippen LogP) is 6.66. The Bertz CT molecular complexity index is 1400. The van der Waals surface area contributed by atoms with Crippen LogP contribution in [0.1, 0.15) is 16.1 Å². The zero-order valence-corrected chi connectivity index (χ0v) is 18.9. The van der Waals surface area contributed by atoms with E-state index in [1.807, 2.05) is 66.7 Å². The van der Waals surface area contributed by atoms with Crippen LogP contribution < -0.4 is 9.64 Å². The number of amides is 1. The van der Waals surface area contributed by atoms with Crippen LogP contribution in [-0.2, 0) is 6.54 Å². The second-order valence-electron chi connectivity index (χ2n) is 6.98. The molecule has 0 saturated heterocycles. The summed E-state index contributed by atoms with van der Waals surface area (Å²) >= 11 is 4.96. The Hall–Kier alpha value is -3.16. The van der Waals surface area contributed by atoms with Gasteiger partial charge in [0.25, 0.3) is 5.91 Å². The van der Waals surface area contributed by atoms with Crippen LogP contribution in [0.25, 0.3) is 21.0 Å². The third-order valence-electron chi connectivity index (χ3n) is 5.01. The minimum atomic E-state index is -0.197. The first-order valence-corrected chi connectivity index (χ1v) is 11.2. The number of carbonyl (C=O) groups excluding carboxylic acids is 1. The number of thiazole rings is 1. The lowest BCUT2D eigenvalue weighted by atomic mass is 10.0. The number of furan rings is 1. The second-order valence-corrected chi connectivity index (χ2v) is 8.90. The Morgan fingerprint density at radius 2 is 1.90 bits per heavy atom. The number of hydrogen-bond donors (Lipinski definition) is 0. The van der Waals surface area contributed by atoms with E-state index in [1.165, 1.54) is 11.3 Å². The van der Waals surface area contributed by atoms with Gasteiger partial charge >= 0.3 is 0 Å². The van der Waals surface area contributed by atoms with E-state index in [9.17, 15) is 4.79 Å². The van der Waals surface area contributed by atoms with Crippen molar-refractivity contribution in [2.24, 2.45) is 0 Å². The highest BCUT2D eigenvalue weighted by Gasteiger charge is 2.25. The van der Waals surface area contributed by atoms with Crippen molar-refractivity contribution in [3.8, 4) is 5.75 Å². The van der Waals surface area contributed by atoms with Gasteiger partial charge in [-0.15, -0.1) is 0 Å². The van der Waals surface area contributed by atoms with Gasteiger partial charge in [-0.25, -0.2) is 4.98 Å². The molecule has 0 aliphatic heterocycles. The van der Waals surface area contributed by atoms with Crippen molar-refractivity contribution < 1.29 is 13.9 Å². The van der Waals surface area contributed by atoms with Crippen molar-refractivity contribution in [3.05, 3.63) is 88.8 Å². The van der Waals surface area contributed by atoms with Crippen LogP contribution in [0.5, 0.6) is 5.75 Å². The van der Waals surface area contributed by atoms with Gasteiger partial charge in [0.05, 0.1) is 35.7 Å². The molecule has 0 aliphatic rings. The molecule has 0 unspecified atom stereocenters. The number of fused-ring (bicyclic) bond motifs is 2. The highest BCUT2D eigenvalue weighted by atomic mass is 79.9. The van der Waals surface area contributed by atoms with Gasteiger partial charge in [-0.1, -0.05) is 51.5 Å². The summed E-state index contributed by atoms with van der Waals surface area (Å²) in [5.41, 5.74) is 1.32. The maximum absolute atomic E-state index is 13.8. The van der Waals surface area contributed by atoms with E-state index in [2.05, 4.69) is 15.9 Å². The summed E-state index contributed by atoms with van der Waals surface area (Å²) in [6, 6.07) is 21.2. The Morgan fingerprint density at radius 3 is 2.65 bits per heavy atom. The molecule has 2 heterocycles. The summed E-state index contributed by atoms with van der Waals surface area (Å²) in [4.78, 5) is 20.2. The first kappa shape index (κ1) is 19.8. The average molecular weight is 493 g/mol. The molecule has 0 spiro atoms. The highest BCUT2D eigenvalue weighted by molar-refractivity contribution is 9.10. The molecule has 0 radical (unpaired) electrons.